The number of anilines is 3. The predicted octanol–water partition coefficient (Wildman–Crippen LogP) is 4.62. The highest BCUT2D eigenvalue weighted by Gasteiger charge is 2.02. The zero-order chi connectivity index (χ0) is 13.0. The van der Waals surface area contributed by atoms with E-state index in [1.807, 2.05) is 24.5 Å². The maximum atomic E-state index is 4.21. The van der Waals surface area contributed by atoms with Crippen molar-refractivity contribution < 1.29 is 0 Å². The second-order valence-corrected chi connectivity index (χ2v) is 5.84. The molecular formula is C13H13BrIN3. The molecule has 0 amide bonds. The van der Waals surface area contributed by atoms with E-state index in [2.05, 4.69) is 73.2 Å². The van der Waals surface area contributed by atoms with Crippen molar-refractivity contribution in [1.82, 2.24) is 4.98 Å². The van der Waals surface area contributed by atoms with E-state index in [0.29, 0.717) is 0 Å². The van der Waals surface area contributed by atoms with Gasteiger partial charge in [-0.3, -0.25) is 4.98 Å². The molecule has 2 rings (SSSR count). The minimum absolute atomic E-state index is 0.887. The fraction of sp³-hybridized carbons (Fsp3) is 0.154. The molecule has 3 nitrogen and oxygen atoms in total. The normalized spacial score (nSPS) is 10.2. The molecule has 0 radical (unpaired) electrons. The quantitative estimate of drug-likeness (QED) is 0.712. The number of aromatic nitrogens is 1. The smallest absolute Gasteiger partial charge is 0.0591 e. The van der Waals surface area contributed by atoms with Gasteiger partial charge in [0.1, 0.15) is 0 Å². The Balaban J connectivity index is 2.22. The summed E-state index contributed by atoms with van der Waals surface area (Å²) in [6.45, 7) is 2.95. The molecule has 0 aliphatic rings. The molecule has 5 heteroatoms. The van der Waals surface area contributed by atoms with Crippen molar-refractivity contribution in [3.05, 3.63) is 44.7 Å². The highest BCUT2D eigenvalue weighted by molar-refractivity contribution is 14.1. The first-order valence-electron chi connectivity index (χ1n) is 5.60. The second kappa shape index (κ2) is 6.38. The van der Waals surface area contributed by atoms with Crippen molar-refractivity contribution in [3.63, 3.8) is 0 Å². The molecule has 2 N–H and O–H groups in total. The molecule has 1 aromatic carbocycles. The van der Waals surface area contributed by atoms with Gasteiger partial charge in [-0.05, 0) is 69.7 Å². The van der Waals surface area contributed by atoms with Crippen LogP contribution in [0.15, 0.2) is 41.1 Å². The SMILES string of the molecule is CCNc1cncc(Nc2cc(I)ccc2Br)c1. The van der Waals surface area contributed by atoms with E-state index in [0.717, 1.165) is 28.1 Å². The van der Waals surface area contributed by atoms with E-state index in [1.54, 1.807) is 0 Å². The third-order valence-electron chi connectivity index (χ3n) is 2.33. The third-order valence-corrected chi connectivity index (χ3v) is 3.69. The number of benzene rings is 1. The van der Waals surface area contributed by atoms with E-state index >= 15 is 0 Å². The number of nitrogens with zero attached hydrogens (tertiary/aromatic N) is 1. The molecule has 18 heavy (non-hydrogen) atoms. The number of hydrogen-bond donors (Lipinski definition) is 2. The zero-order valence-corrected chi connectivity index (χ0v) is 13.6. The van der Waals surface area contributed by atoms with Crippen molar-refractivity contribution in [2.45, 2.75) is 6.92 Å². The van der Waals surface area contributed by atoms with Crippen LogP contribution in [0.1, 0.15) is 6.92 Å². The maximum absolute atomic E-state index is 4.21. The molecule has 1 heterocycles. The van der Waals surface area contributed by atoms with Crippen molar-refractivity contribution >= 4 is 55.6 Å². The van der Waals surface area contributed by atoms with Crippen LogP contribution in [0.2, 0.25) is 0 Å². The Morgan fingerprint density at radius 2 is 2.00 bits per heavy atom. The van der Waals surface area contributed by atoms with Gasteiger partial charge in [-0.25, -0.2) is 0 Å². The van der Waals surface area contributed by atoms with E-state index in [-0.39, 0.29) is 0 Å². The van der Waals surface area contributed by atoms with Gasteiger partial charge in [-0.2, -0.15) is 0 Å². The number of nitrogens with one attached hydrogen (secondary N) is 2. The van der Waals surface area contributed by atoms with Crippen LogP contribution in [-0.4, -0.2) is 11.5 Å². The Morgan fingerprint density at radius 1 is 1.22 bits per heavy atom. The summed E-state index contributed by atoms with van der Waals surface area (Å²) in [6.07, 6.45) is 3.63. The predicted molar refractivity (Wildman–Crippen MR) is 88.5 cm³/mol. The number of halogens is 2. The first kappa shape index (κ1) is 13.6. The minimum Gasteiger partial charge on any atom is -0.384 e. The molecular weight excluding hydrogens is 405 g/mol. The van der Waals surface area contributed by atoms with Crippen LogP contribution >= 0.6 is 38.5 Å². The topological polar surface area (TPSA) is 37.0 Å². The molecule has 0 aliphatic heterocycles. The molecule has 2 aromatic rings. The molecule has 0 bridgehead atoms. The summed E-state index contributed by atoms with van der Waals surface area (Å²) in [4.78, 5) is 4.21. The Hall–Kier alpha value is -0.820. The van der Waals surface area contributed by atoms with Gasteiger partial charge in [-0.15, -0.1) is 0 Å². The molecule has 0 saturated carbocycles. The number of rotatable bonds is 4. The van der Waals surface area contributed by atoms with Gasteiger partial charge < -0.3 is 10.6 Å². The molecule has 0 aliphatic carbocycles. The summed E-state index contributed by atoms with van der Waals surface area (Å²) in [5, 5.41) is 6.60. The van der Waals surface area contributed by atoms with E-state index in [1.165, 1.54) is 3.57 Å². The molecule has 1 aromatic heterocycles. The Bertz CT molecular complexity index is 546. The van der Waals surface area contributed by atoms with E-state index in [9.17, 15) is 0 Å². The second-order valence-electron chi connectivity index (χ2n) is 3.74. The van der Waals surface area contributed by atoms with Gasteiger partial charge in [0.15, 0.2) is 0 Å². The molecule has 0 fully saturated rings. The molecule has 0 atom stereocenters. The molecule has 0 spiro atoms. The van der Waals surface area contributed by atoms with Gasteiger partial charge in [0.05, 0.1) is 29.5 Å². The highest BCUT2D eigenvalue weighted by Crippen LogP contribution is 2.28. The molecule has 94 valence electrons. The van der Waals surface area contributed by atoms with Crippen LogP contribution in [0.4, 0.5) is 17.1 Å². The zero-order valence-electron chi connectivity index (χ0n) is 9.87. The average molecular weight is 418 g/mol. The first-order chi connectivity index (χ1) is 8.69. The standard InChI is InChI=1S/C13H13BrIN3/c1-2-17-10-6-11(8-16-7-10)18-13-5-9(15)3-4-12(13)14/h3-8,17-18H,2H2,1H3. The average Bonchev–Trinajstić information content (AvgIpc) is 2.35. The summed E-state index contributed by atoms with van der Waals surface area (Å²) in [7, 11) is 0. The number of pyridine rings is 1. The first-order valence-corrected chi connectivity index (χ1v) is 7.47. The lowest BCUT2D eigenvalue weighted by molar-refractivity contribution is 1.19. The van der Waals surface area contributed by atoms with Crippen molar-refractivity contribution in [3.8, 4) is 0 Å². The number of hydrogen-bond acceptors (Lipinski definition) is 3. The van der Waals surface area contributed by atoms with Gasteiger partial charge in [-0.1, -0.05) is 0 Å². The monoisotopic (exact) mass is 417 g/mol. The fourth-order valence-electron chi connectivity index (χ4n) is 1.56. The summed E-state index contributed by atoms with van der Waals surface area (Å²) < 4.78 is 2.23. The van der Waals surface area contributed by atoms with Crippen LogP contribution in [0.25, 0.3) is 0 Å². The lowest BCUT2D eigenvalue weighted by Crippen LogP contribution is -1.99. The van der Waals surface area contributed by atoms with E-state index < -0.39 is 0 Å². The summed E-state index contributed by atoms with van der Waals surface area (Å²) in [5.41, 5.74) is 3.03. The van der Waals surface area contributed by atoms with Crippen LogP contribution in [-0.2, 0) is 0 Å². The van der Waals surface area contributed by atoms with Crippen LogP contribution in [0, 0.1) is 3.57 Å². The Morgan fingerprint density at radius 3 is 2.78 bits per heavy atom. The highest BCUT2D eigenvalue weighted by atomic mass is 127. The van der Waals surface area contributed by atoms with Crippen LogP contribution in [0.5, 0.6) is 0 Å². The largest absolute Gasteiger partial charge is 0.384 e. The van der Waals surface area contributed by atoms with Crippen LogP contribution in [0.3, 0.4) is 0 Å². The van der Waals surface area contributed by atoms with Gasteiger partial charge in [0.2, 0.25) is 0 Å². The molecule has 0 saturated heterocycles. The summed E-state index contributed by atoms with van der Waals surface area (Å²) in [5.74, 6) is 0. The van der Waals surface area contributed by atoms with Crippen molar-refractivity contribution in [2.75, 3.05) is 17.2 Å². The van der Waals surface area contributed by atoms with Gasteiger partial charge >= 0.3 is 0 Å². The summed E-state index contributed by atoms with van der Waals surface area (Å²) >= 11 is 5.83. The van der Waals surface area contributed by atoms with Gasteiger partial charge in [0.25, 0.3) is 0 Å². The third kappa shape index (κ3) is 3.58. The maximum Gasteiger partial charge on any atom is 0.0591 e. The lowest BCUT2D eigenvalue weighted by Gasteiger charge is -2.10. The minimum atomic E-state index is 0.887. The summed E-state index contributed by atoms with van der Waals surface area (Å²) in [6, 6.07) is 8.22. The Labute approximate surface area is 129 Å². The molecule has 0 unspecified atom stereocenters. The Kier molecular flexibility index (Phi) is 4.82. The fourth-order valence-corrected chi connectivity index (χ4v) is 2.39. The van der Waals surface area contributed by atoms with Crippen LogP contribution < -0.4 is 10.6 Å². The van der Waals surface area contributed by atoms with Gasteiger partial charge in [0, 0.05) is 14.6 Å². The van der Waals surface area contributed by atoms with Crippen molar-refractivity contribution in [1.29, 1.82) is 0 Å². The van der Waals surface area contributed by atoms with Crippen molar-refractivity contribution in [2.24, 2.45) is 0 Å². The lowest BCUT2D eigenvalue weighted by atomic mass is 10.3. The van der Waals surface area contributed by atoms with E-state index in [4.69, 9.17) is 0 Å².